The molecule has 7 heteroatoms. The average Bonchev–Trinajstić information content (AvgIpc) is 1.83. The van der Waals surface area contributed by atoms with Crippen LogP contribution < -0.4 is 0 Å². The molecule has 0 aromatic rings. The largest absolute Gasteiger partial charge is 0.465 e. The highest BCUT2D eigenvalue weighted by Crippen LogP contribution is 2.08. The molecular weight excluding hydrogens is 192 g/mol. The highest BCUT2D eigenvalue weighted by atomic mass is 33.1. The van der Waals surface area contributed by atoms with Crippen LogP contribution in [0.3, 0.4) is 0 Å². The number of hydrogen-bond acceptors (Lipinski definition) is 5. The highest BCUT2D eigenvalue weighted by molar-refractivity contribution is 8.70. The van der Waals surface area contributed by atoms with Gasteiger partial charge in [-0.15, -0.1) is 0 Å². The van der Waals surface area contributed by atoms with Gasteiger partial charge in [-0.3, -0.25) is 9.35 Å². The molecular formula is C4H8O5S2. The molecule has 0 atom stereocenters. The summed E-state index contributed by atoms with van der Waals surface area (Å²) in [5, 5.41) is 0. The lowest BCUT2D eigenvalue weighted by Crippen LogP contribution is -2.08. The van der Waals surface area contributed by atoms with Crippen LogP contribution >= 0.6 is 10.8 Å². The molecule has 0 aliphatic heterocycles. The fourth-order valence-corrected chi connectivity index (χ4v) is 1.39. The normalized spacial score (nSPS) is 11.1. The summed E-state index contributed by atoms with van der Waals surface area (Å²) in [5.74, 6) is -1.04. The van der Waals surface area contributed by atoms with E-state index in [9.17, 15) is 13.2 Å². The summed E-state index contributed by atoms with van der Waals surface area (Å²) in [4.78, 5) is 10.5. The summed E-state index contributed by atoms with van der Waals surface area (Å²) in [5.41, 5.74) is 0. The predicted octanol–water partition coefficient (Wildman–Crippen LogP) is 0.0855. The number of ether oxygens (including phenoxy) is 1. The second kappa shape index (κ2) is 4.58. The van der Waals surface area contributed by atoms with Gasteiger partial charge in [-0.25, -0.2) is 0 Å². The predicted molar refractivity (Wildman–Crippen MR) is 40.6 cm³/mol. The quantitative estimate of drug-likeness (QED) is 0.393. The lowest BCUT2D eigenvalue weighted by atomic mass is 10.8. The van der Waals surface area contributed by atoms with Crippen molar-refractivity contribution in [2.75, 3.05) is 12.4 Å². The Kier molecular flexibility index (Phi) is 4.46. The molecule has 0 fully saturated rings. The summed E-state index contributed by atoms with van der Waals surface area (Å²) < 4.78 is 32.7. The second-order valence-corrected chi connectivity index (χ2v) is 4.85. The Morgan fingerprint density at radius 2 is 2.18 bits per heavy atom. The van der Waals surface area contributed by atoms with Crippen molar-refractivity contribution in [3.05, 3.63) is 0 Å². The molecule has 0 aliphatic rings. The fourth-order valence-electron chi connectivity index (χ4n) is 0.325. The molecule has 0 aromatic heterocycles. The van der Waals surface area contributed by atoms with E-state index < -0.39 is 15.1 Å². The number of hydrogen-bond donors (Lipinski definition) is 1. The Balaban J connectivity index is 3.64. The number of esters is 1. The van der Waals surface area contributed by atoms with Crippen LogP contribution in [0.2, 0.25) is 0 Å². The van der Waals surface area contributed by atoms with Crippen LogP contribution in [0.4, 0.5) is 0 Å². The minimum absolute atomic E-state index is 0.135. The Bertz CT molecular complexity index is 219. The lowest BCUT2D eigenvalue weighted by Gasteiger charge is -1.97. The van der Waals surface area contributed by atoms with Gasteiger partial charge in [0.15, 0.2) is 0 Å². The Labute approximate surface area is 68.3 Å². The third kappa shape index (κ3) is 7.63. The van der Waals surface area contributed by atoms with Gasteiger partial charge in [-0.2, -0.15) is 8.42 Å². The first-order valence-electron chi connectivity index (χ1n) is 2.73. The Hall–Kier alpha value is -0.270. The molecule has 5 nitrogen and oxygen atoms in total. The maximum atomic E-state index is 10.5. The van der Waals surface area contributed by atoms with Crippen molar-refractivity contribution in [2.45, 2.75) is 6.92 Å². The van der Waals surface area contributed by atoms with Crippen LogP contribution in [-0.4, -0.2) is 31.3 Å². The monoisotopic (exact) mass is 200 g/mol. The van der Waals surface area contributed by atoms with Crippen molar-refractivity contribution in [1.82, 2.24) is 0 Å². The van der Waals surface area contributed by atoms with Gasteiger partial charge >= 0.3 is 15.1 Å². The van der Waals surface area contributed by atoms with Crippen molar-refractivity contribution in [1.29, 1.82) is 0 Å². The molecule has 66 valence electrons. The van der Waals surface area contributed by atoms with E-state index in [4.69, 9.17) is 4.55 Å². The van der Waals surface area contributed by atoms with Gasteiger partial charge in [0.2, 0.25) is 0 Å². The molecule has 11 heavy (non-hydrogen) atoms. The van der Waals surface area contributed by atoms with E-state index in [1.165, 1.54) is 0 Å². The molecule has 0 saturated carbocycles. The molecule has 0 bridgehead atoms. The highest BCUT2D eigenvalue weighted by Gasteiger charge is 2.10. The van der Waals surface area contributed by atoms with Crippen molar-refractivity contribution in [2.24, 2.45) is 0 Å². The topological polar surface area (TPSA) is 80.7 Å². The van der Waals surface area contributed by atoms with Gasteiger partial charge in [0, 0.05) is 10.8 Å². The molecule has 0 saturated heterocycles. The maximum absolute atomic E-state index is 10.5. The van der Waals surface area contributed by atoms with Gasteiger partial charge in [-0.05, 0) is 6.92 Å². The van der Waals surface area contributed by atoms with E-state index in [1.807, 2.05) is 0 Å². The van der Waals surface area contributed by atoms with E-state index in [0.29, 0.717) is 0 Å². The van der Waals surface area contributed by atoms with Crippen molar-refractivity contribution >= 4 is 25.9 Å². The van der Waals surface area contributed by atoms with Crippen LogP contribution in [0, 0.1) is 0 Å². The van der Waals surface area contributed by atoms with Gasteiger partial charge < -0.3 is 4.74 Å². The molecule has 0 radical (unpaired) electrons. The third-order valence-corrected chi connectivity index (χ3v) is 2.53. The average molecular weight is 200 g/mol. The van der Waals surface area contributed by atoms with Crippen LogP contribution in [0.15, 0.2) is 0 Å². The summed E-state index contributed by atoms with van der Waals surface area (Å²) >= 11 is 0. The van der Waals surface area contributed by atoms with Crippen LogP contribution in [0.5, 0.6) is 0 Å². The molecule has 0 spiro atoms. The van der Waals surface area contributed by atoms with Crippen molar-refractivity contribution in [3.8, 4) is 0 Å². The van der Waals surface area contributed by atoms with E-state index in [-0.39, 0.29) is 23.2 Å². The zero-order valence-corrected chi connectivity index (χ0v) is 7.44. The first-order valence-corrected chi connectivity index (χ1v) is 5.67. The van der Waals surface area contributed by atoms with E-state index >= 15 is 0 Å². The molecule has 0 unspecified atom stereocenters. The van der Waals surface area contributed by atoms with Gasteiger partial charge in [0.1, 0.15) is 5.75 Å². The van der Waals surface area contributed by atoms with Crippen LogP contribution in [0.1, 0.15) is 6.92 Å². The van der Waals surface area contributed by atoms with E-state index in [1.54, 1.807) is 6.92 Å². The molecule has 0 heterocycles. The summed E-state index contributed by atoms with van der Waals surface area (Å²) in [6, 6.07) is 0. The Morgan fingerprint density at radius 3 is 2.55 bits per heavy atom. The van der Waals surface area contributed by atoms with Crippen molar-refractivity contribution < 1.29 is 22.5 Å². The summed E-state index contributed by atoms with van der Waals surface area (Å²) in [6.45, 7) is 1.81. The van der Waals surface area contributed by atoms with E-state index in [0.717, 1.165) is 0 Å². The number of carbonyl (C=O) groups excluding carboxylic acids is 1. The van der Waals surface area contributed by atoms with Gasteiger partial charge in [-0.1, -0.05) is 0 Å². The third-order valence-electron chi connectivity index (χ3n) is 0.631. The standard InChI is InChI=1S/C4H8O5S2/c1-2-9-4(5)3-10-11(6,7)8/h2-3H2,1H3,(H,6,7,8). The molecule has 0 amide bonds. The van der Waals surface area contributed by atoms with Gasteiger partial charge in [0.25, 0.3) is 0 Å². The zero-order chi connectivity index (χ0) is 8.91. The van der Waals surface area contributed by atoms with Crippen LogP contribution in [0.25, 0.3) is 0 Å². The minimum Gasteiger partial charge on any atom is -0.465 e. The zero-order valence-electron chi connectivity index (χ0n) is 5.81. The first-order chi connectivity index (χ1) is 4.95. The maximum Gasteiger partial charge on any atom is 0.320 e. The van der Waals surface area contributed by atoms with E-state index in [2.05, 4.69) is 4.74 Å². The summed E-state index contributed by atoms with van der Waals surface area (Å²) in [7, 11) is -3.99. The number of carbonyl (C=O) groups is 1. The van der Waals surface area contributed by atoms with Crippen molar-refractivity contribution in [3.63, 3.8) is 0 Å². The van der Waals surface area contributed by atoms with Gasteiger partial charge in [0.05, 0.1) is 6.61 Å². The second-order valence-electron chi connectivity index (χ2n) is 1.49. The molecule has 1 N–H and O–H groups in total. The smallest absolute Gasteiger partial charge is 0.320 e. The number of rotatable bonds is 4. The lowest BCUT2D eigenvalue weighted by molar-refractivity contribution is -0.139. The molecule has 0 aromatic carbocycles. The summed E-state index contributed by atoms with van der Waals surface area (Å²) in [6.07, 6.45) is 0. The Morgan fingerprint density at radius 1 is 1.64 bits per heavy atom. The molecule has 0 rings (SSSR count). The SMILES string of the molecule is CCOC(=O)CSS(=O)(=O)O. The molecule has 0 aliphatic carbocycles. The first kappa shape index (κ1) is 10.7. The minimum atomic E-state index is -4.12. The van der Waals surface area contributed by atoms with Crippen LogP contribution in [-0.2, 0) is 18.7 Å². The fraction of sp³-hybridized carbons (Fsp3) is 0.750.